The zero-order valence-electron chi connectivity index (χ0n) is 18.9. The number of halogens is 2. The lowest BCUT2D eigenvalue weighted by atomic mass is 9.86. The first kappa shape index (κ1) is 24.1. The minimum absolute atomic E-state index is 0.0132. The third-order valence-electron chi connectivity index (χ3n) is 6.86. The molecule has 176 valence electrons. The van der Waals surface area contributed by atoms with Crippen molar-refractivity contribution in [2.45, 2.75) is 56.7 Å². The van der Waals surface area contributed by atoms with Gasteiger partial charge in [0.15, 0.2) is 0 Å². The normalized spacial score (nSPS) is 23.3. The standard InChI is InChI=1S/C26H30Cl2N2O3/c1-29(25(31)16-18-9-11-21(27)22(28)15-18)24-17-20(10-12-23(24)30-13-5-6-14-30)33-26(32)19-7-3-2-4-8-19/h2-4,7-9,11,15,20,23-24H,5-6,10,12-14,16-17H2,1H3/t20-,23+,24+/m0/s1. The van der Waals surface area contributed by atoms with Gasteiger partial charge in [0.1, 0.15) is 6.10 Å². The van der Waals surface area contributed by atoms with Gasteiger partial charge in [-0.25, -0.2) is 4.79 Å². The number of esters is 1. The molecule has 33 heavy (non-hydrogen) atoms. The molecule has 1 saturated heterocycles. The maximum Gasteiger partial charge on any atom is 0.338 e. The van der Waals surface area contributed by atoms with E-state index in [0.29, 0.717) is 22.0 Å². The first-order valence-corrected chi connectivity index (χ1v) is 12.4. The number of benzene rings is 2. The summed E-state index contributed by atoms with van der Waals surface area (Å²) in [5.74, 6) is -0.276. The van der Waals surface area contributed by atoms with Gasteiger partial charge in [0.2, 0.25) is 5.91 Å². The molecule has 0 aromatic heterocycles. The van der Waals surface area contributed by atoms with E-state index in [2.05, 4.69) is 4.90 Å². The zero-order chi connectivity index (χ0) is 23.4. The van der Waals surface area contributed by atoms with E-state index >= 15 is 0 Å². The minimum Gasteiger partial charge on any atom is -0.459 e. The summed E-state index contributed by atoms with van der Waals surface area (Å²) in [4.78, 5) is 30.2. The van der Waals surface area contributed by atoms with E-state index in [1.54, 1.807) is 24.3 Å². The number of rotatable bonds is 6. The topological polar surface area (TPSA) is 49.9 Å². The molecule has 2 aromatic rings. The lowest BCUT2D eigenvalue weighted by Gasteiger charge is -2.44. The first-order chi connectivity index (χ1) is 15.9. The second-order valence-corrected chi connectivity index (χ2v) is 9.83. The fraction of sp³-hybridized carbons (Fsp3) is 0.462. The van der Waals surface area contributed by atoms with E-state index in [-0.39, 0.29) is 36.5 Å². The van der Waals surface area contributed by atoms with E-state index in [0.717, 1.165) is 31.5 Å². The van der Waals surface area contributed by atoms with Gasteiger partial charge in [-0.2, -0.15) is 0 Å². The van der Waals surface area contributed by atoms with Gasteiger partial charge in [-0.05, 0) is 68.6 Å². The van der Waals surface area contributed by atoms with E-state index in [9.17, 15) is 9.59 Å². The number of carbonyl (C=O) groups is 2. The number of hydrogen-bond acceptors (Lipinski definition) is 4. The quantitative estimate of drug-likeness (QED) is 0.521. The molecule has 5 nitrogen and oxygen atoms in total. The average Bonchev–Trinajstić information content (AvgIpc) is 3.36. The number of hydrogen-bond donors (Lipinski definition) is 0. The lowest BCUT2D eigenvalue weighted by molar-refractivity contribution is -0.134. The molecule has 3 atom stereocenters. The van der Waals surface area contributed by atoms with Crippen molar-refractivity contribution in [3.05, 3.63) is 69.7 Å². The Labute approximate surface area is 205 Å². The lowest BCUT2D eigenvalue weighted by Crippen LogP contribution is -2.56. The van der Waals surface area contributed by atoms with Crippen LogP contribution in [0.5, 0.6) is 0 Å². The van der Waals surface area contributed by atoms with Crippen molar-refractivity contribution in [3.63, 3.8) is 0 Å². The molecule has 0 bridgehead atoms. The molecule has 0 radical (unpaired) electrons. The van der Waals surface area contributed by atoms with Gasteiger partial charge in [0, 0.05) is 19.5 Å². The summed E-state index contributed by atoms with van der Waals surface area (Å²) in [5, 5.41) is 0.927. The van der Waals surface area contributed by atoms with E-state index in [4.69, 9.17) is 27.9 Å². The molecule has 7 heteroatoms. The van der Waals surface area contributed by atoms with Crippen LogP contribution in [0.3, 0.4) is 0 Å². The van der Waals surface area contributed by atoms with Gasteiger partial charge in [0.25, 0.3) is 0 Å². The molecule has 1 aliphatic carbocycles. The number of nitrogens with zero attached hydrogens (tertiary/aromatic N) is 2. The minimum atomic E-state index is -0.302. The highest BCUT2D eigenvalue weighted by Crippen LogP contribution is 2.32. The Bertz CT molecular complexity index is 979. The van der Waals surface area contributed by atoms with Gasteiger partial charge in [-0.3, -0.25) is 9.69 Å². The summed E-state index contributed by atoms with van der Waals surface area (Å²) in [6, 6.07) is 14.6. The van der Waals surface area contributed by atoms with Gasteiger partial charge >= 0.3 is 5.97 Å². The van der Waals surface area contributed by atoms with Crippen molar-refractivity contribution in [1.82, 2.24) is 9.80 Å². The molecule has 2 aromatic carbocycles. The fourth-order valence-electron chi connectivity index (χ4n) is 5.04. The summed E-state index contributed by atoms with van der Waals surface area (Å²) in [7, 11) is 1.87. The second-order valence-electron chi connectivity index (χ2n) is 9.01. The van der Waals surface area contributed by atoms with Crippen LogP contribution < -0.4 is 0 Å². The van der Waals surface area contributed by atoms with E-state index < -0.39 is 0 Å². The van der Waals surface area contributed by atoms with Crippen LogP contribution in [0, 0.1) is 0 Å². The Kier molecular flexibility index (Phi) is 7.94. The van der Waals surface area contributed by atoms with Crippen LogP contribution in [0.25, 0.3) is 0 Å². The SMILES string of the molecule is CN(C(=O)Cc1ccc(Cl)c(Cl)c1)[C@@H]1C[C@@H](OC(=O)c2ccccc2)CC[C@H]1N1CCCC1. The molecule has 0 unspecified atom stereocenters. The van der Waals surface area contributed by atoms with E-state index in [1.165, 1.54) is 12.8 Å². The molecule has 2 fully saturated rings. The van der Waals surface area contributed by atoms with Crippen molar-refractivity contribution >= 4 is 35.1 Å². The molecule has 2 aliphatic rings. The largest absolute Gasteiger partial charge is 0.459 e. The highest BCUT2D eigenvalue weighted by Gasteiger charge is 2.40. The Morgan fingerprint density at radius 2 is 1.76 bits per heavy atom. The van der Waals surface area contributed by atoms with Gasteiger partial charge in [-0.1, -0.05) is 47.5 Å². The summed E-state index contributed by atoms with van der Waals surface area (Å²) in [5.41, 5.74) is 1.39. The third kappa shape index (κ3) is 5.89. The number of amides is 1. The van der Waals surface area contributed by atoms with Crippen molar-refractivity contribution in [2.24, 2.45) is 0 Å². The van der Waals surface area contributed by atoms with Crippen molar-refractivity contribution < 1.29 is 14.3 Å². The summed E-state index contributed by atoms with van der Waals surface area (Å²) in [6.45, 7) is 2.12. The maximum atomic E-state index is 13.2. The smallest absolute Gasteiger partial charge is 0.338 e. The molecule has 1 aliphatic heterocycles. The zero-order valence-corrected chi connectivity index (χ0v) is 20.4. The molecule has 1 saturated carbocycles. The first-order valence-electron chi connectivity index (χ1n) is 11.6. The van der Waals surface area contributed by atoms with Crippen LogP contribution in [0.1, 0.15) is 48.0 Å². The third-order valence-corrected chi connectivity index (χ3v) is 7.60. The Morgan fingerprint density at radius 3 is 2.45 bits per heavy atom. The Balaban J connectivity index is 1.47. The summed E-state index contributed by atoms with van der Waals surface area (Å²) in [6.07, 6.45) is 4.79. The highest BCUT2D eigenvalue weighted by atomic mass is 35.5. The molecule has 0 N–H and O–H groups in total. The molecule has 1 heterocycles. The van der Waals surface area contributed by atoms with Crippen LogP contribution in [-0.2, 0) is 16.0 Å². The van der Waals surface area contributed by atoms with Crippen molar-refractivity contribution in [1.29, 1.82) is 0 Å². The predicted octanol–water partition coefficient (Wildman–Crippen LogP) is 5.24. The summed E-state index contributed by atoms with van der Waals surface area (Å²) >= 11 is 12.2. The van der Waals surface area contributed by atoms with Crippen LogP contribution in [-0.4, -0.2) is 60.0 Å². The molecule has 1 amide bonds. The number of likely N-dealkylation sites (N-methyl/N-ethyl adjacent to an activating group) is 1. The highest BCUT2D eigenvalue weighted by molar-refractivity contribution is 6.42. The number of carbonyl (C=O) groups excluding carboxylic acids is 2. The number of ether oxygens (including phenoxy) is 1. The van der Waals surface area contributed by atoms with Gasteiger partial charge in [-0.15, -0.1) is 0 Å². The molecule has 4 rings (SSSR count). The van der Waals surface area contributed by atoms with Crippen LogP contribution in [0.4, 0.5) is 0 Å². The van der Waals surface area contributed by atoms with Crippen molar-refractivity contribution in [2.75, 3.05) is 20.1 Å². The van der Waals surface area contributed by atoms with E-state index in [1.807, 2.05) is 36.2 Å². The second kappa shape index (κ2) is 10.9. The predicted molar refractivity (Wildman–Crippen MR) is 131 cm³/mol. The Hall–Kier alpha value is -2.08. The van der Waals surface area contributed by atoms with Crippen molar-refractivity contribution in [3.8, 4) is 0 Å². The van der Waals surface area contributed by atoms with Gasteiger partial charge in [0.05, 0.1) is 28.1 Å². The average molecular weight is 489 g/mol. The van der Waals surface area contributed by atoms with Gasteiger partial charge < -0.3 is 9.64 Å². The fourth-order valence-corrected chi connectivity index (χ4v) is 5.36. The maximum absolute atomic E-state index is 13.2. The van der Waals surface area contributed by atoms with Crippen LogP contribution in [0.2, 0.25) is 10.0 Å². The molecular weight excluding hydrogens is 459 g/mol. The van der Waals surface area contributed by atoms with Crippen LogP contribution >= 0.6 is 23.2 Å². The number of likely N-dealkylation sites (tertiary alicyclic amines) is 1. The molecule has 0 spiro atoms. The van der Waals surface area contributed by atoms with Crippen LogP contribution in [0.15, 0.2) is 48.5 Å². The summed E-state index contributed by atoms with van der Waals surface area (Å²) < 4.78 is 5.87. The monoisotopic (exact) mass is 488 g/mol. The Morgan fingerprint density at radius 1 is 1.03 bits per heavy atom. The molecular formula is C26H30Cl2N2O3.